The van der Waals surface area contributed by atoms with E-state index in [0.29, 0.717) is 5.56 Å². The molecule has 2 aromatic carbocycles. The van der Waals surface area contributed by atoms with E-state index in [-0.39, 0.29) is 6.61 Å². The summed E-state index contributed by atoms with van der Waals surface area (Å²) >= 11 is 0. The second kappa shape index (κ2) is 5.77. The molecule has 2 aromatic rings. The molecule has 0 heterocycles. The summed E-state index contributed by atoms with van der Waals surface area (Å²) in [6.45, 7) is 3.81. The highest BCUT2D eigenvalue weighted by molar-refractivity contribution is 5.60. The van der Waals surface area contributed by atoms with Crippen molar-refractivity contribution >= 4 is 5.69 Å². The van der Waals surface area contributed by atoms with Crippen LogP contribution in [0, 0.1) is 18.3 Å². The van der Waals surface area contributed by atoms with Gasteiger partial charge in [-0.15, -0.1) is 0 Å². The molecular weight excluding hydrogens is 248 g/mol. The molecule has 0 spiro atoms. The monoisotopic (exact) mass is 266 g/mol. The van der Waals surface area contributed by atoms with Crippen LogP contribution in [0.5, 0.6) is 0 Å². The van der Waals surface area contributed by atoms with E-state index < -0.39 is 5.54 Å². The van der Waals surface area contributed by atoms with Crippen LogP contribution in [0.1, 0.15) is 23.6 Å². The lowest BCUT2D eigenvalue weighted by Crippen LogP contribution is -2.36. The van der Waals surface area contributed by atoms with Crippen molar-refractivity contribution in [2.75, 3.05) is 11.9 Å². The first-order valence-corrected chi connectivity index (χ1v) is 6.54. The van der Waals surface area contributed by atoms with Crippen LogP contribution in [0.3, 0.4) is 0 Å². The van der Waals surface area contributed by atoms with Crippen molar-refractivity contribution in [1.29, 1.82) is 5.26 Å². The SMILES string of the molecule is Cc1ccc(NC(C)(CO)c2ccccc2)c(C#N)c1. The Morgan fingerprint density at radius 2 is 1.90 bits per heavy atom. The van der Waals surface area contributed by atoms with Gasteiger partial charge in [0.1, 0.15) is 6.07 Å². The van der Waals surface area contributed by atoms with Crippen LogP contribution in [0.2, 0.25) is 0 Å². The van der Waals surface area contributed by atoms with Crippen molar-refractivity contribution < 1.29 is 5.11 Å². The molecule has 3 heteroatoms. The Hall–Kier alpha value is -2.31. The standard InChI is InChI=1S/C17H18N2O/c1-13-8-9-16(14(10-13)11-18)19-17(2,12-20)15-6-4-3-5-7-15/h3-10,19-20H,12H2,1-2H3. The predicted octanol–water partition coefficient (Wildman–Crippen LogP) is 3.19. The molecule has 102 valence electrons. The van der Waals surface area contributed by atoms with E-state index in [0.717, 1.165) is 16.8 Å². The molecule has 1 atom stereocenters. The van der Waals surface area contributed by atoms with Crippen molar-refractivity contribution in [3.05, 3.63) is 65.2 Å². The van der Waals surface area contributed by atoms with Gasteiger partial charge in [0.2, 0.25) is 0 Å². The summed E-state index contributed by atoms with van der Waals surface area (Å²) < 4.78 is 0. The maximum Gasteiger partial charge on any atom is 0.101 e. The third-order valence-electron chi connectivity index (χ3n) is 3.43. The summed E-state index contributed by atoms with van der Waals surface area (Å²) in [6, 6.07) is 17.6. The maximum atomic E-state index is 9.77. The summed E-state index contributed by atoms with van der Waals surface area (Å²) in [5.74, 6) is 0. The molecule has 0 aliphatic carbocycles. The molecule has 3 nitrogen and oxygen atoms in total. The van der Waals surface area contributed by atoms with Crippen molar-refractivity contribution in [2.45, 2.75) is 19.4 Å². The molecule has 2 N–H and O–H groups in total. The number of aryl methyl sites for hydroxylation is 1. The van der Waals surface area contributed by atoms with Crippen LogP contribution in [-0.4, -0.2) is 11.7 Å². The molecule has 0 amide bonds. The van der Waals surface area contributed by atoms with E-state index in [9.17, 15) is 10.4 Å². The summed E-state index contributed by atoms with van der Waals surface area (Å²) in [6.07, 6.45) is 0. The molecule has 0 aromatic heterocycles. The summed E-state index contributed by atoms with van der Waals surface area (Å²) in [7, 11) is 0. The molecular formula is C17H18N2O. The quantitative estimate of drug-likeness (QED) is 0.893. The first-order valence-electron chi connectivity index (χ1n) is 6.54. The average molecular weight is 266 g/mol. The molecule has 0 aliphatic heterocycles. The number of nitrogens with zero attached hydrogens (tertiary/aromatic N) is 1. The molecule has 0 saturated heterocycles. The highest BCUT2D eigenvalue weighted by Gasteiger charge is 2.26. The van der Waals surface area contributed by atoms with Crippen LogP contribution in [0.4, 0.5) is 5.69 Å². The molecule has 1 unspecified atom stereocenters. The molecule has 20 heavy (non-hydrogen) atoms. The third kappa shape index (κ3) is 2.81. The summed E-state index contributed by atoms with van der Waals surface area (Å²) in [5, 5.41) is 22.3. The second-order valence-corrected chi connectivity index (χ2v) is 5.14. The van der Waals surface area contributed by atoms with Crippen molar-refractivity contribution in [3.63, 3.8) is 0 Å². The van der Waals surface area contributed by atoms with Crippen molar-refractivity contribution in [1.82, 2.24) is 0 Å². The topological polar surface area (TPSA) is 56.0 Å². The minimum atomic E-state index is -0.623. The zero-order chi connectivity index (χ0) is 14.6. The molecule has 0 aliphatic rings. The van der Waals surface area contributed by atoms with Crippen LogP contribution < -0.4 is 5.32 Å². The number of rotatable bonds is 4. The van der Waals surface area contributed by atoms with Gasteiger partial charge in [0.05, 0.1) is 23.4 Å². The van der Waals surface area contributed by atoms with E-state index in [1.54, 1.807) is 0 Å². The normalized spacial score (nSPS) is 13.3. The minimum absolute atomic E-state index is 0.0598. The van der Waals surface area contributed by atoms with E-state index in [4.69, 9.17) is 0 Å². The zero-order valence-electron chi connectivity index (χ0n) is 11.7. The predicted molar refractivity (Wildman–Crippen MR) is 80.4 cm³/mol. The van der Waals surface area contributed by atoms with E-state index in [1.165, 1.54) is 0 Å². The molecule has 0 fully saturated rings. The Morgan fingerprint density at radius 1 is 1.20 bits per heavy atom. The lowest BCUT2D eigenvalue weighted by molar-refractivity contribution is 0.224. The lowest BCUT2D eigenvalue weighted by atomic mass is 9.92. The number of hydrogen-bond acceptors (Lipinski definition) is 3. The summed E-state index contributed by atoms with van der Waals surface area (Å²) in [4.78, 5) is 0. The van der Waals surface area contributed by atoms with Gasteiger partial charge in [-0.25, -0.2) is 0 Å². The second-order valence-electron chi connectivity index (χ2n) is 5.14. The molecule has 0 radical (unpaired) electrons. The summed E-state index contributed by atoms with van der Waals surface area (Å²) in [5.41, 5.74) is 2.71. The average Bonchev–Trinajstić information content (AvgIpc) is 2.49. The molecule has 2 rings (SSSR count). The van der Waals surface area contributed by atoms with Crippen LogP contribution in [-0.2, 0) is 5.54 Å². The van der Waals surface area contributed by atoms with Crippen molar-refractivity contribution in [2.24, 2.45) is 0 Å². The molecule has 0 saturated carbocycles. The van der Waals surface area contributed by atoms with E-state index in [2.05, 4.69) is 11.4 Å². The van der Waals surface area contributed by atoms with Gasteiger partial charge < -0.3 is 10.4 Å². The minimum Gasteiger partial charge on any atom is -0.394 e. The fourth-order valence-corrected chi connectivity index (χ4v) is 2.17. The third-order valence-corrected chi connectivity index (χ3v) is 3.43. The number of nitriles is 1. The van der Waals surface area contributed by atoms with Gasteiger partial charge in [0, 0.05) is 0 Å². The van der Waals surface area contributed by atoms with Gasteiger partial charge in [-0.05, 0) is 37.1 Å². The highest BCUT2D eigenvalue weighted by Crippen LogP contribution is 2.28. The lowest BCUT2D eigenvalue weighted by Gasteiger charge is -2.31. The number of aliphatic hydroxyl groups is 1. The first kappa shape index (κ1) is 14.1. The Balaban J connectivity index is 2.39. The Morgan fingerprint density at radius 3 is 2.50 bits per heavy atom. The highest BCUT2D eigenvalue weighted by atomic mass is 16.3. The molecule has 0 bridgehead atoms. The number of benzene rings is 2. The van der Waals surface area contributed by atoms with Gasteiger partial charge in [-0.1, -0.05) is 36.4 Å². The Bertz CT molecular complexity index is 631. The fourth-order valence-electron chi connectivity index (χ4n) is 2.17. The fraction of sp³-hybridized carbons (Fsp3) is 0.235. The number of anilines is 1. The van der Waals surface area contributed by atoms with Gasteiger partial charge in [0.15, 0.2) is 0 Å². The van der Waals surface area contributed by atoms with Gasteiger partial charge in [-0.2, -0.15) is 5.26 Å². The van der Waals surface area contributed by atoms with Gasteiger partial charge in [-0.3, -0.25) is 0 Å². The largest absolute Gasteiger partial charge is 0.394 e. The Kier molecular flexibility index (Phi) is 4.07. The van der Waals surface area contributed by atoms with E-state index in [1.807, 2.05) is 62.4 Å². The number of aliphatic hydroxyl groups excluding tert-OH is 1. The van der Waals surface area contributed by atoms with Crippen LogP contribution in [0.15, 0.2) is 48.5 Å². The first-order chi connectivity index (χ1) is 9.59. The van der Waals surface area contributed by atoms with Crippen LogP contribution in [0.25, 0.3) is 0 Å². The van der Waals surface area contributed by atoms with Crippen LogP contribution >= 0.6 is 0 Å². The maximum absolute atomic E-state index is 9.77. The number of nitrogens with one attached hydrogen (secondary N) is 1. The number of hydrogen-bond donors (Lipinski definition) is 2. The smallest absolute Gasteiger partial charge is 0.101 e. The van der Waals surface area contributed by atoms with Crippen molar-refractivity contribution in [3.8, 4) is 6.07 Å². The van der Waals surface area contributed by atoms with Gasteiger partial charge >= 0.3 is 0 Å². The Labute approximate surface area is 119 Å². The van der Waals surface area contributed by atoms with E-state index >= 15 is 0 Å². The van der Waals surface area contributed by atoms with Gasteiger partial charge in [0.25, 0.3) is 0 Å². The zero-order valence-corrected chi connectivity index (χ0v) is 11.7.